The normalized spacial score (nSPS) is 21.5. The maximum absolute atomic E-state index is 12.6. The van der Waals surface area contributed by atoms with Crippen LogP contribution in [0.15, 0.2) is 24.3 Å². The Morgan fingerprint density at radius 2 is 1.95 bits per heavy atom. The highest BCUT2D eigenvalue weighted by atomic mass is 16.4. The topological polar surface area (TPSA) is 57.6 Å². The molecule has 1 unspecified atom stereocenters. The number of carbonyl (C=O) groups excluding carboxylic acids is 1. The van der Waals surface area contributed by atoms with Gasteiger partial charge >= 0.3 is 5.97 Å². The van der Waals surface area contributed by atoms with Gasteiger partial charge in [0.2, 0.25) is 0 Å². The first-order chi connectivity index (χ1) is 9.99. The number of aryl methyl sites for hydroxylation is 1. The van der Waals surface area contributed by atoms with Gasteiger partial charge in [-0.05, 0) is 50.3 Å². The van der Waals surface area contributed by atoms with Crippen LogP contribution in [0.3, 0.4) is 0 Å². The second-order valence-electron chi connectivity index (χ2n) is 5.94. The number of hydrogen-bond donors (Lipinski definition) is 1. The minimum absolute atomic E-state index is 0.181. The number of carbonyl (C=O) groups is 2. The molecule has 1 atom stereocenters. The van der Waals surface area contributed by atoms with Crippen molar-refractivity contribution in [3.05, 3.63) is 35.4 Å². The maximum Gasteiger partial charge on any atom is 0.329 e. The molecule has 1 fully saturated rings. The summed E-state index contributed by atoms with van der Waals surface area (Å²) in [6, 6.07) is 7.57. The molecule has 114 valence electrons. The van der Waals surface area contributed by atoms with E-state index in [-0.39, 0.29) is 5.91 Å². The summed E-state index contributed by atoms with van der Waals surface area (Å²) in [5.74, 6) is -1.10. The maximum atomic E-state index is 12.6. The van der Waals surface area contributed by atoms with Crippen molar-refractivity contribution < 1.29 is 14.7 Å². The monoisotopic (exact) mass is 289 g/mol. The highest BCUT2D eigenvalue weighted by Gasteiger charge is 2.46. The Kier molecular flexibility index (Phi) is 4.66. The van der Waals surface area contributed by atoms with Crippen LogP contribution in [0, 0.1) is 0 Å². The zero-order valence-corrected chi connectivity index (χ0v) is 12.8. The second-order valence-corrected chi connectivity index (χ2v) is 5.94. The van der Waals surface area contributed by atoms with Gasteiger partial charge in [-0.15, -0.1) is 0 Å². The summed E-state index contributed by atoms with van der Waals surface area (Å²) in [5, 5.41) is 9.39. The van der Waals surface area contributed by atoms with E-state index in [4.69, 9.17) is 0 Å². The van der Waals surface area contributed by atoms with E-state index in [0.717, 1.165) is 25.7 Å². The van der Waals surface area contributed by atoms with Crippen molar-refractivity contribution in [1.29, 1.82) is 0 Å². The van der Waals surface area contributed by atoms with Crippen LogP contribution in [0.25, 0.3) is 0 Å². The second kappa shape index (κ2) is 6.29. The van der Waals surface area contributed by atoms with E-state index in [0.29, 0.717) is 18.5 Å². The molecule has 0 radical (unpaired) electrons. The summed E-state index contributed by atoms with van der Waals surface area (Å²) < 4.78 is 0. The Bertz CT molecular complexity index is 523. The molecule has 2 rings (SSSR count). The van der Waals surface area contributed by atoms with Gasteiger partial charge in [0.05, 0.1) is 0 Å². The van der Waals surface area contributed by atoms with Crippen molar-refractivity contribution in [2.24, 2.45) is 0 Å². The summed E-state index contributed by atoms with van der Waals surface area (Å²) in [6.45, 7) is 4.30. The van der Waals surface area contributed by atoms with E-state index in [9.17, 15) is 14.7 Å². The van der Waals surface area contributed by atoms with Gasteiger partial charge in [0.25, 0.3) is 5.91 Å². The highest BCUT2D eigenvalue weighted by molar-refractivity contribution is 5.98. The molecule has 4 heteroatoms. The van der Waals surface area contributed by atoms with Gasteiger partial charge in [-0.25, -0.2) is 4.79 Å². The van der Waals surface area contributed by atoms with Crippen LogP contribution >= 0.6 is 0 Å². The number of aliphatic carboxylic acids is 1. The molecule has 0 aromatic heterocycles. The van der Waals surface area contributed by atoms with Crippen molar-refractivity contribution in [3.63, 3.8) is 0 Å². The predicted molar refractivity (Wildman–Crippen MR) is 81.4 cm³/mol. The molecule has 1 aliphatic heterocycles. The summed E-state index contributed by atoms with van der Waals surface area (Å²) >= 11 is 0. The van der Waals surface area contributed by atoms with E-state index in [2.05, 4.69) is 6.92 Å². The molecular formula is C17H23NO3. The van der Waals surface area contributed by atoms with E-state index < -0.39 is 11.5 Å². The minimum Gasteiger partial charge on any atom is -0.480 e. The minimum atomic E-state index is -1.07. The van der Waals surface area contributed by atoms with Crippen LogP contribution in [-0.4, -0.2) is 34.0 Å². The Labute approximate surface area is 125 Å². The zero-order chi connectivity index (χ0) is 15.5. The fourth-order valence-corrected chi connectivity index (χ4v) is 2.86. The van der Waals surface area contributed by atoms with Crippen LogP contribution in [0.4, 0.5) is 0 Å². The van der Waals surface area contributed by atoms with E-state index in [1.807, 2.05) is 24.3 Å². The summed E-state index contributed by atoms with van der Waals surface area (Å²) in [7, 11) is 0. The van der Waals surface area contributed by atoms with Crippen molar-refractivity contribution in [2.75, 3.05) is 6.54 Å². The quantitative estimate of drug-likeness (QED) is 0.906. The first kappa shape index (κ1) is 15.5. The van der Waals surface area contributed by atoms with Gasteiger partial charge in [-0.2, -0.15) is 0 Å². The number of amides is 1. The molecule has 1 saturated heterocycles. The summed E-state index contributed by atoms with van der Waals surface area (Å²) in [6.07, 6.45) is 4.55. The van der Waals surface area contributed by atoms with Crippen molar-refractivity contribution in [2.45, 2.75) is 51.5 Å². The third-order valence-electron chi connectivity index (χ3n) is 4.37. The lowest BCUT2D eigenvalue weighted by Gasteiger charge is -2.31. The highest BCUT2D eigenvalue weighted by Crippen LogP contribution is 2.30. The van der Waals surface area contributed by atoms with Crippen LogP contribution in [0.5, 0.6) is 0 Å². The van der Waals surface area contributed by atoms with Crippen molar-refractivity contribution in [3.8, 4) is 0 Å². The largest absolute Gasteiger partial charge is 0.480 e. The number of rotatable bonds is 5. The molecule has 0 saturated carbocycles. The van der Waals surface area contributed by atoms with Crippen molar-refractivity contribution in [1.82, 2.24) is 4.90 Å². The molecule has 0 spiro atoms. The van der Waals surface area contributed by atoms with Crippen LogP contribution in [0.2, 0.25) is 0 Å². The van der Waals surface area contributed by atoms with E-state index in [1.54, 1.807) is 6.92 Å². The molecule has 21 heavy (non-hydrogen) atoms. The van der Waals surface area contributed by atoms with Crippen LogP contribution < -0.4 is 0 Å². The van der Waals surface area contributed by atoms with Gasteiger partial charge in [0, 0.05) is 12.1 Å². The Balaban J connectivity index is 2.14. The summed E-state index contributed by atoms with van der Waals surface area (Å²) in [5.41, 5.74) is 0.721. The van der Waals surface area contributed by atoms with Gasteiger partial charge in [-0.1, -0.05) is 25.5 Å². The number of carboxylic acids is 1. The zero-order valence-electron chi connectivity index (χ0n) is 12.8. The molecule has 1 aromatic carbocycles. The Hall–Kier alpha value is -1.84. The first-order valence-electron chi connectivity index (χ1n) is 7.63. The molecule has 1 aliphatic rings. The van der Waals surface area contributed by atoms with Gasteiger partial charge < -0.3 is 10.0 Å². The molecule has 1 aromatic rings. The lowest BCUT2D eigenvalue weighted by molar-refractivity contribution is -0.147. The Morgan fingerprint density at radius 3 is 2.52 bits per heavy atom. The number of carboxylic acid groups (broad SMARTS) is 1. The average molecular weight is 289 g/mol. The van der Waals surface area contributed by atoms with E-state index >= 15 is 0 Å². The lowest BCUT2D eigenvalue weighted by Crippen LogP contribution is -2.50. The molecule has 1 heterocycles. The fraction of sp³-hybridized carbons (Fsp3) is 0.529. The molecule has 0 aliphatic carbocycles. The third kappa shape index (κ3) is 3.09. The standard InChI is InChI=1S/C17H23NO3/c1-3-4-6-13-7-9-14(10-8-13)15(19)18-12-5-11-17(18,2)16(20)21/h7-10H,3-6,11-12H2,1-2H3,(H,20,21). The summed E-state index contributed by atoms with van der Waals surface area (Å²) in [4.78, 5) is 25.5. The average Bonchev–Trinajstić information content (AvgIpc) is 2.88. The number of nitrogens with zero attached hydrogens (tertiary/aromatic N) is 1. The van der Waals surface area contributed by atoms with Crippen LogP contribution in [-0.2, 0) is 11.2 Å². The molecule has 1 N–H and O–H groups in total. The smallest absolute Gasteiger partial charge is 0.329 e. The SMILES string of the molecule is CCCCc1ccc(C(=O)N2CCCC2(C)C(=O)O)cc1. The lowest BCUT2D eigenvalue weighted by atomic mass is 9.98. The van der Waals surface area contributed by atoms with Crippen LogP contribution in [0.1, 0.15) is 55.5 Å². The van der Waals surface area contributed by atoms with E-state index in [1.165, 1.54) is 10.5 Å². The predicted octanol–water partition coefficient (Wildman–Crippen LogP) is 3.11. The molecule has 1 amide bonds. The number of benzene rings is 1. The van der Waals surface area contributed by atoms with Gasteiger partial charge in [-0.3, -0.25) is 4.79 Å². The van der Waals surface area contributed by atoms with Crippen molar-refractivity contribution >= 4 is 11.9 Å². The molecule has 0 bridgehead atoms. The number of unbranched alkanes of at least 4 members (excludes halogenated alkanes) is 1. The molecule has 4 nitrogen and oxygen atoms in total. The Morgan fingerprint density at radius 1 is 1.29 bits per heavy atom. The first-order valence-corrected chi connectivity index (χ1v) is 7.63. The number of likely N-dealkylation sites (tertiary alicyclic amines) is 1. The van der Waals surface area contributed by atoms with Gasteiger partial charge in [0.15, 0.2) is 0 Å². The fourth-order valence-electron chi connectivity index (χ4n) is 2.86. The molecular weight excluding hydrogens is 266 g/mol. The third-order valence-corrected chi connectivity index (χ3v) is 4.37. The number of hydrogen-bond acceptors (Lipinski definition) is 2. The van der Waals surface area contributed by atoms with Gasteiger partial charge in [0.1, 0.15) is 5.54 Å².